The van der Waals surface area contributed by atoms with Crippen molar-refractivity contribution in [2.75, 3.05) is 0 Å². The summed E-state index contributed by atoms with van der Waals surface area (Å²) < 4.78 is 26.1. The molecule has 0 aliphatic heterocycles. The molecule has 0 aliphatic rings. The summed E-state index contributed by atoms with van der Waals surface area (Å²) in [7, 11) is 0. The van der Waals surface area contributed by atoms with Gasteiger partial charge in [-0.1, -0.05) is 24.0 Å². The van der Waals surface area contributed by atoms with Gasteiger partial charge in [0.1, 0.15) is 6.04 Å². The molecule has 2 atom stereocenters. The highest BCUT2D eigenvalue weighted by molar-refractivity contribution is 5.97. The normalized spacial score (nSPS) is 13.6. The molecule has 158 valence electrons. The van der Waals surface area contributed by atoms with Crippen molar-refractivity contribution < 1.29 is 28.7 Å². The lowest BCUT2D eigenvalue weighted by molar-refractivity contribution is -0.149. The Kier molecular flexibility index (Phi) is 7.60. The van der Waals surface area contributed by atoms with Gasteiger partial charge in [0.15, 0.2) is 5.60 Å². The Morgan fingerprint density at radius 1 is 1.07 bits per heavy atom. The second-order valence-corrected chi connectivity index (χ2v) is 6.64. The highest BCUT2D eigenvalue weighted by atomic mass is 19.3. The standard InChI is InChI=1S/C21H21F2N3O4/c1-21(29,20(22)23)17(19(28)26-30)25-18(27)16-10-8-14(9-11-16)3-2-13-4-6-15(12-24)7-5-13/h4-11,17,20,29-30H,12,24H2,1H3,(H,25,27)(H,26,28)/t17-,21?/m1/s1. The van der Waals surface area contributed by atoms with E-state index < -0.39 is 29.9 Å². The largest absolute Gasteiger partial charge is 0.381 e. The van der Waals surface area contributed by atoms with Crippen LogP contribution in [-0.4, -0.2) is 40.2 Å². The average Bonchev–Trinajstić information content (AvgIpc) is 2.75. The second kappa shape index (κ2) is 9.93. The molecule has 6 N–H and O–H groups in total. The topological polar surface area (TPSA) is 125 Å². The summed E-state index contributed by atoms with van der Waals surface area (Å²) in [5.74, 6) is 3.62. The summed E-state index contributed by atoms with van der Waals surface area (Å²) >= 11 is 0. The van der Waals surface area contributed by atoms with Crippen LogP contribution in [0.25, 0.3) is 0 Å². The zero-order valence-electron chi connectivity index (χ0n) is 16.0. The van der Waals surface area contributed by atoms with E-state index in [9.17, 15) is 23.5 Å². The Balaban J connectivity index is 2.14. The van der Waals surface area contributed by atoms with E-state index >= 15 is 0 Å². The van der Waals surface area contributed by atoms with Gasteiger partial charge in [0.2, 0.25) is 0 Å². The molecule has 0 bridgehead atoms. The van der Waals surface area contributed by atoms with Gasteiger partial charge in [-0.15, -0.1) is 0 Å². The van der Waals surface area contributed by atoms with Crippen molar-refractivity contribution >= 4 is 11.8 Å². The molecule has 2 amide bonds. The van der Waals surface area contributed by atoms with E-state index in [1.807, 2.05) is 29.6 Å². The van der Waals surface area contributed by atoms with Gasteiger partial charge < -0.3 is 16.2 Å². The molecule has 1 unspecified atom stereocenters. The molecule has 0 spiro atoms. The van der Waals surface area contributed by atoms with Gasteiger partial charge in [-0.25, -0.2) is 14.3 Å². The fourth-order valence-corrected chi connectivity index (χ4v) is 2.46. The predicted octanol–water partition coefficient (Wildman–Crippen LogP) is 1.17. The van der Waals surface area contributed by atoms with Crippen LogP contribution in [0.4, 0.5) is 8.78 Å². The Bertz CT molecular complexity index is 949. The predicted molar refractivity (Wildman–Crippen MR) is 105 cm³/mol. The van der Waals surface area contributed by atoms with Gasteiger partial charge in [0, 0.05) is 23.2 Å². The van der Waals surface area contributed by atoms with E-state index in [0.29, 0.717) is 19.0 Å². The molecule has 0 saturated heterocycles. The van der Waals surface area contributed by atoms with E-state index in [-0.39, 0.29) is 5.56 Å². The number of rotatable bonds is 6. The Morgan fingerprint density at radius 2 is 1.57 bits per heavy atom. The quantitative estimate of drug-likeness (QED) is 0.274. The van der Waals surface area contributed by atoms with E-state index in [1.165, 1.54) is 12.1 Å². The van der Waals surface area contributed by atoms with Crippen molar-refractivity contribution in [2.45, 2.75) is 31.5 Å². The van der Waals surface area contributed by atoms with Crippen molar-refractivity contribution in [3.63, 3.8) is 0 Å². The molecule has 30 heavy (non-hydrogen) atoms. The third-order valence-corrected chi connectivity index (χ3v) is 4.36. The van der Waals surface area contributed by atoms with Crippen molar-refractivity contribution in [1.29, 1.82) is 0 Å². The smallest absolute Gasteiger partial charge is 0.269 e. The van der Waals surface area contributed by atoms with E-state index in [4.69, 9.17) is 10.9 Å². The van der Waals surface area contributed by atoms with E-state index in [0.717, 1.165) is 16.6 Å². The Hall–Kier alpha value is -3.32. The summed E-state index contributed by atoms with van der Waals surface area (Å²) in [6.07, 6.45) is -3.35. The molecule has 0 fully saturated rings. The van der Waals surface area contributed by atoms with Crippen LogP contribution >= 0.6 is 0 Å². The van der Waals surface area contributed by atoms with Gasteiger partial charge in [0.25, 0.3) is 18.2 Å². The maximum Gasteiger partial charge on any atom is 0.269 e. The molecule has 9 heteroatoms. The SMILES string of the molecule is CC(O)(C(F)F)[C@H](NC(=O)c1ccc(C#Cc2ccc(CN)cc2)cc1)C(=O)NO. The summed E-state index contributed by atoms with van der Waals surface area (Å²) in [5.41, 5.74) is 6.21. The molecule has 2 aromatic carbocycles. The fraction of sp³-hybridized carbons (Fsp3) is 0.238. The molecule has 7 nitrogen and oxygen atoms in total. The first kappa shape index (κ1) is 23.0. The maximum absolute atomic E-state index is 13.0. The van der Waals surface area contributed by atoms with Gasteiger partial charge in [0.05, 0.1) is 0 Å². The number of nitrogens with one attached hydrogen (secondary N) is 2. The zero-order valence-corrected chi connectivity index (χ0v) is 16.0. The van der Waals surface area contributed by atoms with Crippen molar-refractivity contribution in [3.8, 4) is 11.8 Å². The van der Waals surface area contributed by atoms with Crippen LogP contribution < -0.4 is 16.5 Å². The van der Waals surface area contributed by atoms with Crippen LogP contribution in [0.5, 0.6) is 0 Å². The number of carbonyl (C=O) groups excluding carboxylic acids is 2. The Labute approximate surface area is 171 Å². The number of halogens is 2. The number of hydrogen-bond acceptors (Lipinski definition) is 5. The summed E-state index contributed by atoms with van der Waals surface area (Å²) in [5, 5.41) is 20.6. The third kappa shape index (κ3) is 5.61. The van der Waals surface area contributed by atoms with Gasteiger partial charge in [-0.3, -0.25) is 14.8 Å². The first-order valence-corrected chi connectivity index (χ1v) is 8.85. The number of amides is 2. The minimum absolute atomic E-state index is 0.0497. The molecular weight excluding hydrogens is 396 g/mol. The summed E-state index contributed by atoms with van der Waals surface area (Å²) in [6, 6.07) is 11.2. The molecule has 0 heterocycles. The Morgan fingerprint density at radius 3 is 2.00 bits per heavy atom. The molecule has 0 saturated carbocycles. The van der Waals surface area contributed by atoms with Gasteiger partial charge in [-0.05, 0) is 48.9 Å². The monoisotopic (exact) mass is 417 g/mol. The highest BCUT2D eigenvalue weighted by Gasteiger charge is 2.46. The fourth-order valence-electron chi connectivity index (χ4n) is 2.46. The van der Waals surface area contributed by atoms with Crippen LogP contribution in [0.2, 0.25) is 0 Å². The number of hydrogen-bond donors (Lipinski definition) is 5. The number of carbonyl (C=O) groups is 2. The van der Waals surface area contributed by atoms with Gasteiger partial charge >= 0.3 is 0 Å². The second-order valence-electron chi connectivity index (χ2n) is 6.64. The number of hydroxylamine groups is 1. The first-order chi connectivity index (χ1) is 14.2. The van der Waals surface area contributed by atoms with E-state index in [1.54, 1.807) is 12.1 Å². The molecular formula is C21H21F2N3O4. The molecule has 0 aliphatic carbocycles. The van der Waals surface area contributed by atoms with Crippen LogP contribution in [-0.2, 0) is 11.3 Å². The van der Waals surface area contributed by atoms with E-state index in [2.05, 4.69) is 11.8 Å². The summed E-state index contributed by atoms with van der Waals surface area (Å²) in [6.45, 7) is 1.11. The van der Waals surface area contributed by atoms with Crippen molar-refractivity contribution in [3.05, 3.63) is 70.8 Å². The lowest BCUT2D eigenvalue weighted by Crippen LogP contribution is -2.61. The molecule has 2 rings (SSSR count). The molecule has 0 aromatic heterocycles. The number of aliphatic hydroxyl groups is 1. The minimum Gasteiger partial charge on any atom is -0.381 e. The van der Waals surface area contributed by atoms with Crippen LogP contribution in [0.3, 0.4) is 0 Å². The van der Waals surface area contributed by atoms with Crippen LogP contribution in [0.15, 0.2) is 48.5 Å². The van der Waals surface area contributed by atoms with Crippen LogP contribution in [0, 0.1) is 11.8 Å². The van der Waals surface area contributed by atoms with Crippen molar-refractivity contribution in [1.82, 2.24) is 10.8 Å². The molecule has 0 radical (unpaired) electrons. The number of alkyl halides is 2. The lowest BCUT2D eigenvalue weighted by atomic mass is 9.95. The number of nitrogens with two attached hydrogens (primary N) is 1. The summed E-state index contributed by atoms with van der Waals surface area (Å²) in [4.78, 5) is 24.0. The zero-order chi connectivity index (χ0) is 22.3. The van der Waals surface area contributed by atoms with Crippen LogP contribution in [0.1, 0.15) is 34.0 Å². The third-order valence-electron chi connectivity index (χ3n) is 4.36. The maximum atomic E-state index is 13.0. The first-order valence-electron chi connectivity index (χ1n) is 8.85. The number of benzene rings is 2. The van der Waals surface area contributed by atoms with Gasteiger partial charge in [-0.2, -0.15) is 0 Å². The average molecular weight is 417 g/mol. The van der Waals surface area contributed by atoms with Crippen molar-refractivity contribution in [2.24, 2.45) is 5.73 Å². The minimum atomic E-state index is -3.35. The molecule has 2 aromatic rings. The highest BCUT2D eigenvalue weighted by Crippen LogP contribution is 2.20. The lowest BCUT2D eigenvalue weighted by Gasteiger charge is -2.30.